The number of para-hydroxylation sites is 1. The first-order valence-corrected chi connectivity index (χ1v) is 7.63. The van der Waals surface area contributed by atoms with Crippen molar-refractivity contribution in [1.29, 1.82) is 0 Å². The number of nitrogens with one attached hydrogen (secondary N) is 1. The number of aryl methyl sites for hydroxylation is 3. The van der Waals surface area contributed by atoms with Gasteiger partial charge < -0.3 is 10.1 Å². The third-order valence-electron chi connectivity index (χ3n) is 3.53. The van der Waals surface area contributed by atoms with Crippen molar-refractivity contribution in [2.75, 3.05) is 5.32 Å². The summed E-state index contributed by atoms with van der Waals surface area (Å²) in [6.07, 6.45) is 0.328. The molecule has 0 radical (unpaired) electrons. The van der Waals surface area contributed by atoms with Crippen LogP contribution in [0.15, 0.2) is 42.5 Å². The lowest BCUT2D eigenvalue weighted by molar-refractivity contribution is -0.122. The van der Waals surface area contributed by atoms with E-state index in [1.165, 1.54) is 0 Å². The number of rotatable bonds is 5. The highest BCUT2D eigenvalue weighted by atomic mass is 16.5. The third kappa shape index (κ3) is 4.10. The van der Waals surface area contributed by atoms with Crippen molar-refractivity contribution in [3.8, 4) is 5.75 Å². The van der Waals surface area contributed by atoms with Gasteiger partial charge in [-0.2, -0.15) is 0 Å². The van der Waals surface area contributed by atoms with Crippen LogP contribution in [0, 0.1) is 13.8 Å². The molecule has 2 rings (SSSR count). The van der Waals surface area contributed by atoms with Gasteiger partial charge in [0, 0.05) is 5.69 Å². The van der Waals surface area contributed by atoms with Gasteiger partial charge in [-0.1, -0.05) is 31.2 Å². The van der Waals surface area contributed by atoms with Gasteiger partial charge in [0.05, 0.1) is 0 Å². The molecule has 3 nitrogen and oxygen atoms in total. The molecule has 1 N–H and O–H groups in total. The van der Waals surface area contributed by atoms with Crippen LogP contribution in [0.1, 0.15) is 30.5 Å². The summed E-state index contributed by atoms with van der Waals surface area (Å²) in [6.45, 7) is 7.87. The lowest BCUT2D eigenvalue weighted by Crippen LogP contribution is -2.30. The number of hydrogen-bond donors (Lipinski definition) is 1. The number of carbonyl (C=O) groups is 1. The molecule has 0 saturated carbocycles. The fourth-order valence-corrected chi connectivity index (χ4v) is 2.44. The standard InChI is InChI=1S/C19H23NO2/c1-5-16-8-6-7-9-18(16)20-19(21)15(4)22-17-11-13(2)10-14(3)12-17/h6-12,15H,5H2,1-4H3,(H,20,21)/t15-/m1/s1. The lowest BCUT2D eigenvalue weighted by atomic mass is 10.1. The van der Waals surface area contributed by atoms with Crippen LogP contribution >= 0.6 is 0 Å². The van der Waals surface area contributed by atoms with E-state index in [1.807, 2.05) is 50.2 Å². The molecule has 2 aromatic carbocycles. The smallest absolute Gasteiger partial charge is 0.265 e. The van der Waals surface area contributed by atoms with Gasteiger partial charge in [0.2, 0.25) is 0 Å². The van der Waals surface area contributed by atoms with Gasteiger partial charge >= 0.3 is 0 Å². The Labute approximate surface area is 132 Å². The molecule has 22 heavy (non-hydrogen) atoms. The van der Waals surface area contributed by atoms with Crippen LogP contribution in [0.3, 0.4) is 0 Å². The molecule has 0 bridgehead atoms. The van der Waals surface area contributed by atoms with Crippen molar-refractivity contribution < 1.29 is 9.53 Å². The summed E-state index contributed by atoms with van der Waals surface area (Å²) in [5.74, 6) is 0.587. The number of benzene rings is 2. The zero-order valence-corrected chi connectivity index (χ0v) is 13.6. The quantitative estimate of drug-likeness (QED) is 0.895. The average molecular weight is 297 g/mol. The molecule has 0 fully saturated rings. The van der Waals surface area contributed by atoms with Crippen molar-refractivity contribution in [2.45, 2.75) is 40.2 Å². The molecule has 0 aromatic heterocycles. The van der Waals surface area contributed by atoms with Gasteiger partial charge in [-0.15, -0.1) is 0 Å². The molecule has 1 atom stereocenters. The van der Waals surface area contributed by atoms with E-state index in [0.29, 0.717) is 0 Å². The molecule has 1 amide bonds. The molecule has 0 aliphatic heterocycles. The predicted molar refractivity (Wildman–Crippen MR) is 90.5 cm³/mol. The Hall–Kier alpha value is -2.29. The summed E-state index contributed by atoms with van der Waals surface area (Å²) < 4.78 is 5.77. The van der Waals surface area contributed by atoms with E-state index in [-0.39, 0.29) is 5.91 Å². The van der Waals surface area contributed by atoms with Gasteiger partial charge in [-0.3, -0.25) is 4.79 Å². The number of amides is 1. The maximum Gasteiger partial charge on any atom is 0.265 e. The van der Waals surface area contributed by atoms with E-state index >= 15 is 0 Å². The van der Waals surface area contributed by atoms with E-state index < -0.39 is 6.10 Å². The zero-order valence-electron chi connectivity index (χ0n) is 13.6. The van der Waals surface area contributed by atoms with Crippen LogP contribution in [-0.2, 0) is 11.2 Å². The van der Waals surface area contributed by atoms with Crippen LogP contribution in [-0.4, -0.2) is 12.0 Å². The van der Waals surface area contributed by atoms with Crippen LogP contribution in [0.4, 0.5) is 5.69 Å². The van der Waals surface area contributed by atoms with E-state index in [2.05, 4.69) is 18.3 Å². The fraction of sp³-hybridized carbons (Fsp3) is 0.316. The molecule has 116 valence electrons. The Morgan fingerprint density at radius 3 is 2.41 bits per heavy atom. The Morgan fingerprint density at radius 2 is 1.77 bits per heavy atom. The highest BCUT2D eigenvalue weighted by molar-refractivity contribution is 5.94. The maximum atomic E-state index is 12.3. The van der Waals surface area contributed by atoms with Crippen LogP contribution in [0.2, 0.25) is 0 Å². The van der Waals surface area contributed by atoms with Crippen molar-refractivity contribution in [3.05, 3.63) is 59.2 Å². The zero-order chi connectivity index (χ0) is 16.1. The summed E-state index contributed by atoms with van der Waals surface area (Å²) in [6, 6.07) is 13.8. The van der Waals surface area contributed by atoms with Gasteiger partial charge in [0.25, 0.3) is 5.91 Å². The van der Waals surface area contributed by atoms with Gasteiger partial charge in [0.15, 0.2) is 6.10 Å². The average Bonchev–Trinajstić information content (AvgIpc) is 2.46. The molecule has 0 spiro atoms. The molecular weight excluding hydrogens is 274 g/mol. The SMILES string of the molecule is CCc1ccccc1NC(=O)[C@@H](C)Oc1cc(C)cc(C)c1. The predicted octanol–water partition coefficient (Wildman–Crippen LogP) is 4.27. The minimum atomic E-state index is -0.550. The van der Waals surface area contributed by atoms with Crippen LogP contribution in [0.25, 0.3) is 0 Å². The highest BCUT2D eigenvalue weighted by Crippen LogP contribution is 2.19. The fourth-order valence-electron chi connectivity index (χ4n) is 2.44. The van der Waals surface area contributed by atoms with Crippen molar-refractivity contribution in [3.63, 3.8) is 0 Å². The minimum Gasteiger partial charge on any atom is -0.481 e. The van der Waals surface area contributed by atoms with Crippen molar-refractivity contribution in [1.82, 2.24) is 0 Å². The largest absolute Gasteiger partial charge is 0.481 e. The third-order valence-corrected chi connectivity index (χ3v) is 3.53. The highest BCUT2D eigenvalue weighted by Gasteiger charge is 2.16. The summed E-state index contributed by atoms with van der Waals surface area (Å²) in [5, 5.41) is 2.95. The second-order valence-corrected chi connectivity index (χ2v) is 5.58. The van der Waals surface area contributed by atoms with Crippen molar-refractivity contribution >= 4 is 11.6 Å². The first kappa shape index (κ1) is 16.1. The van der Waals surface area contributed by atoms with Crippen LogP contribution in [0.5, 0.6) is 5.75 Å². The molecule has 0 aliphatic carbocycles. The minimum absolute atomic E-state index is 0.139. The summed E-state index contributed by atoms with van der Waals surface area (Å²) >= 11 is 0. The Balaban J connectivity index is 2.06. The Morgan fingerprint density at radius 1 is 1.14 bits per heavy atom. The second kappa shape index (κ2) is 7.12. The normalized spacial score (nSPS) is 11.8. The van der Waals surface area contributed by atoms with E-state index in [0.717, 1.165) is 34.5 Å². The summed E-state index contributed by atoms with van der Waals surface area (Å²) in [4.78, 5) is 12.3. The number of carbonyl (C=O) groups excluding carboxylic acids is 1. The summed E-state index contributed by atoms with van der Waals surface area (Å²) in [5.41, 5.74) is 4.22. The molecule has 0 saturated heterocycles. The number of ether oxygens (including phenoxy) is 1. The van der Waals surface area contributed by atoms with Gasteiger partial charge in [0.1, 0.15) is 5.75 Å². The first-order chi connectivity index (χ1) is 10.5. The van der Waals surface area contributed by atoms with Gasteiger partial charge in [-0.25, -0.2) is 0 Å². The topological polar surface area (TPSA) is 38.3 Å². The lowest BCUT2D eigenvalue weighted by Gasteiger charge is -2.17. The molecular formula is C19H23NO2. The van der Waals surface area contributed by atoms with Gasteiger partial charge in [-0.05, 0) is 62.1 Å². The van der Waals surface area contributed by atoms with E-state index in [9.17, 15) is 4.79 Å². The monoisotopic (exact) mass is 297 g/mol. The molecule has 0 heterocycles. The Kier molecular flexibility index (Phi) is 5.21. The summed E-state index contributed by atoms with van der Waals surface area (Å²) in [7, 11) is 0. The van der Waals surface area contributed by atoms with Crippen LogP contribution < -0.4 is 10.1 Å². The maximum absolute atomic E-state index is 12.3. The van der Waals surface area contributed by atoms with Crippen molar-refractivity contribution in [2.24, 2.45) is 0 Å². The number of hydrogen-bond acceptors (Lipinski definition) is 2. The van der Waals surface area contributed by atoms with E-state index in [1.54, 1.807) is 6.92 Å². The molecule has 0 unspecified atom stereocenters. The first-order valence-electron chi connectivity index (χ1n) is 7.63. The second-order valence-electron chi connectivity index (χ2n) is 5.58. The number of anilines is 1. The molecule has 3 heteroatoms. The Bertz CT molecular complexity index is 644. The molecule has 0 aliphatic rings. The van der Waals surface area contributed by atoms with E-state index in [4.69, 9.17) is 4.74 Å². The molecule has 2 aromatic rings.